The molecule has 3 rings (SSSR count). The topological polar surface area (TPSA) is 57.2 Å². The van der Waals surface area contributed by atoms with Crippen LogP contribution in [0.15, 0.2) is 34.9 Å². The number of para-hydroxylation sites is 1. The number of benzene rings is 1. The largest absolute Gasteiger partial charge is 0.462 e. The molecule has 1 aromatic heterocycles. The molecule has 96 valence electrons. The van der Waals surface area contributed by atoms with Gasteiger partial charge in [-0.3, -0.25) is 4.79 Å². The van der Waals surface area contributed by atoms with Gasteiger partial charge in [0.1, 0.15) is 17.3 Å². The van der Waals surface area contributed by atoms with Gasteiger partial charge in [-0.15, -0.1) is 0 Å². The monoisotopic (exact) mass is 254 g/mol. The third-order valence-electron chi connectivity index (χ3n) is 3.96. The number of rotatable bonds is 2. The van der Waals surface area contributed by atoms with Crippen molar-refractivity contribution in [2.45, 2.75) is 19.3 Å². The van der Waals surface area contributed by atoms with Crippen molar-refractivity contribution < 1.29 is 9.21 Å². The van der Waals surface area contributed by atoms with Crippen LogP contribution >= 0.6 is 0 Å². The molecule has 19 heavy (non-hydrogen) atoms. The SMILES string of the molecule is CN(C(=O)C1(C#N)CCC1)c1coc2ccccc12. The summed E-state index contributed by atoms with van der Waals surface area (Å²) in [7, 11) is 1.71. The number of nitrogens with zero attached hydrogens (tertiary/aromatic N) is 2. The molecule has 1 aliphatic carbocycles. The van der Waals surface area contributed by atoms with Crippen molar-refractivity contribution in [3.05, 3.63) is 30.5 Å². The van der Waals surface area contributed by atoms with Crippen LogP contribution < -0.4 is 4.90 Å². The van der Waals surface area contributed by atoms with Crippen LogP contribution in [0.5, 0.6) is 0 Å². The average Bonchev–Trinajstić information content (AvgIpc) is 2.81. The van der Waals surface area contributed by atoms with E-state index in [1.54, 1.807) is 18.2 Å². The van der Waals surface area contributed by atoms with Crippen LogP contribution in [0, 0.1) is 16.7 Å². The lowest BCUT2D eigenvalue weighted by molar-refractivity contribution is -0.128. The molecule has 0 spiro atoms. The van der Waals surface area contributed by atoms with E-state index >= 15 is 0 Å². The molecule has 0 radical (unpaired) electrons. The van der Waals surface area contributed by atoms with E-state index in [9.17, 15) is 10.1 Å². The second-order valence-electron chi connectivity index (χ2n) is 5.03. The van der Waals surface area contributed by atoms with Crippen molar-refractivity contribution in [2.24, 2.45) is 5.41 Å². The van der Waals surface area contributed by atoms with E-state index in [1.165, 1.54) is 0 Å². The van der Waals surface area contributed by atoms with Gasteiger partial charge < -0.3 is 9.32 Å². The van der Waals surface area contributed by atoms with Crippen LogP contribution in [0.2, 0.25) is 0 Å². The number of carbonyl (C=O) groups is 1. The van der Waals surface area contributed by atoms with Crippen LogP contribution in [-0.4, -0.2) is 13.0 Å². The number of furan rings is 1. The fourth-order valence-corrected chi connectivity index (χ4v) is 2.56. The highest BCUT2D eigenvalue weighted by Crippen LogP contribution is 2.43. The number of hydrogen-bond acceptors (Lipinski definition) is 3. The van der Waals surface area contributed by atoms with Crippen molar-refractivity contribution in [1.82, 2.24) is 0 Å². The minimum absolute atomic E-state index is 0.132. The highest BCUT2D eigenvalue weighted by Gasteiger charge is 2.46. The van der Waals surface area contributed by atoms with E-state index in [1.807, 2.05) is 24.3 Å². The zero-order chi connectivity index (χ0) is 13.5. The number of fused-ring (bicyclic) bond motifs is 1. The first-order chi connectivity index (χ1) is 9.18. The Hall–Kier alpha value is -2.28. The first kappa shape index (κ1) is 11.8. The summed E-state index contributed by atoms with van der Waals surface area (Å²) in [5.74, 6) is -0.132. The summed E-state index contributed by atoms with van der Waals surface area (Å²) in [5, 5.41) is 10.1. The summed E-state index contributed by atoms with van der Waals surface area (Å²) >= 11 is 0. The van der Waals surface area contributed by atoms with Gasteiger partial charge in [-0.25, -0.2) is 0 Å². The predicted molar refractivity (Wildman–Crippen MR) is 71.5 cm³/mol. The first-order valence-electron chi connectivity index (χ1n) is 6.34. The van der Waals surface area contributed by atoms with Crippen LogP contribution in [0.3, 0.4) is 0 Å². The molecule has 1 amide bonds. The molecule has 0 N–H and O–H groups in total. The highest BCUT2D eigenvalue weighted by molar-refractivity contribution is 6.05. The van der Waals surface area contributed by atoms with Crippen LogP contribution in [0.4, 0.5) is 5.69 Å². The molecule has 1 aromatic carbocycles. The van der Waals surface area contributed by atoms with E-state index in [0.717, 1.165) is 23.1 Å². The zero-order valence-corrected chi connectivity index (χ0v) is 10.7. The second kappa shape index (κ2) is 4.13. The highest BCUT2D eigenvalue weighted by atomic mass is 16.3. The Labute approximate surface area is 111 Å². The van der Waals surface area contributed by atoms with Crippen LogP contribution in [-0.2, 0) is 4.79 Å². The minimum atomic E-state index is -0.826. The Balaban J connectivity index is 1.98. The van der Waals surface area contributed by atoms with Gasteiger partial charge in [0.15, 0.2) is 0 Å². The Morgan fingerprint density at radius 3 is 2.79 bits per heavy atom. The molecular formula is C15H14N2O2. The van der Waals surface area contributed by atoms with E-state index in [4.69, 9.17) is 4.42 Å². The number of hydrogen-bond donors (Lipinski definition) is 0. The fourth-order valence-electron chi connectivity index (χ4n) is 2.56. The van der Waals surface area contributed by atoms with Crippen molar-refractivity contribution >= 4 is 22.6 Å². The molecule has 1 fully saturated rings. The van der Waals surface area contributed by atoms with E-state index in [-0.39, 0.29) is 5.91 Å². The van der Waals surface area contributed by atoms with E-state index in [2.05, 4.69) is 6.07 Å². The van der Waals surface area contributed by atoms with Crippen molar-refractivity contribution in [3.8, 4) is 6.07 Å². The summed E-state index contributed by atoms with van der Waals surface area (Å²) < 4.78 is 5.44. The van der Waals surface area contributed by atoms with Crippen molar-refractivity contribution in [2.75, 3.05) is 11.9 Å². The quantitative estimate of drug-likeness (QED) is 0.827. The fraction of sp³-hybridized carbons (Fsp3) is 0.333. The maximum absolute atomic E-state index is 12.5. The van der Waals surface area contributed by atoms with Crippen molar-refractivity contribution in [1.29, 1.82) is 5.26 Å². The molecule has 0 aliphatic heterocycles. The molecule has 1 saturated carbocycles. The van der Waals surface area contributed by atoms with Gasteiger partial charge in [0, 0.05) is 12.4 Å². The Morgan fingerprint density at radius 1 is 1.42 bits per heavy atom. The van der Waals surface area contributed by atoms with Gasteiger partial charge in [-0.2, -0.15) is 5.26 Å². The molecular weight excluding hydrogens is 240 g/mol. The van der Waals surface area contributed by atoms with E-state index < -0.39 is 5.41 Å². The third kappa shape index (κ3) is 1.62. The third-order valence-corrected chi connectivity index (χ3v) is 3.96. The maximum Gasteiger partial charge on any atom is 0.247 e. The zero-order valence-electron chi connectivity index (χ0n) is 10.7. The summed E-state index contributed by atoms with van der Waals surface area (Å²) in [6.45, 7) is 0. The van der Waals surface area contributed by atoms with Gasteiger partial charge in [-0.1, -0.05) is 12.1 Å². The Morgan fingerprint density at radius 2 is 2.16 bits per heavy atom. The molecule has 1 heterocycles. The van der Waals surface area contributed by atoms with Gasteiger partial charge in [0.2, 0.25) is 5.91 Å². The Bertz CT molecular complexity index is 677. The summed E-state index contributed by atoms with van der Waals surface area (Å²) in [4.78, 5) is 14.0. The summed E-state index contributed by atoms with van der Waals surface area (Å²) in [6, 6.07) is 9.75. The average molecular weight is 254 g/mol. The smallest absolute Gasteiger partial charge is 0.247 e. The lowest BCUT2D eigenvalue weighted by atomic mass is 9.69. The normalized spacial score (nSPS) is 16.6. The number of carbonyl (C=O) groups excluding carboxylic acids is 1. The predicted octanol–water partition coefficient (Wildman–Crippen LogP) is 3.09. The summed E-state index contributed by atoms with van der Waals surface area (Å²) in [5.41, 5.74) is 0.645. The van der Waals surface area contributed by atoms with Gasteiger partial charge in [0.05, 0.1) is 11.8 Å². The van der Waals surface area contributed by atoms with E-state index in [0.29, 0.717) is 12.8 Å². The van der Waals surface area contributed by atoms with Crippen LogP contribution in [0.1, 0.15) is 19.3 Å². The minimum Gasteiger partial charge on any atom is -0.462 e. The van der Waals surface area contributed by atoms with Crippen molar-refractivity contribution in [3.63, 3.8) is 0 Å². The van der Waals surface area contributed by atoms with Gasteiger partial charge >= 0.3 is 0 Å². The first-order valence-corrected chi connectivity index (χ1v) is 6.34. The number of nitriles is 1. The molecule has 0 atom stereocenters. The summed E-state index contributed by atoms with van der Waals surface area (Å²) in [6.07, 6.45) is 3.83. The number of amides is 1. The maximum atomic E-state index is 12.5. The van der Waals surface area contributed by atoms with Gasteiger partial charge in [-0.05, 0) is 31.4 Å². The van der Waals surface area contributed by atoms with Gasteiger partial charge in [0.25, 0.3) is 0 Å². The molecule has 1 aliphatic rings. The lowest BCUT2D eigenvalue weighted by Gasteiger charge is -2.36. The van der Waals surface area contributed by atoms with Crippen LogP contribution in [0.25, 0.3) is 11.0 Å². The molecule has 2 aromatic rings. The lowest BCUT2D eigenvalue weighted by Crippen LogP contribution is -2.45. The second-order valence-corrected chi connectivity index (χ2v) is 5.03. The molecule has 0 unspecified atom stereocenters. The molecule has 0 saturated heterocycles. The standard InChI is InChI=1S/C15H14N2O2/c1-17(14(18)15(10-16)7-4-8-15)12-9-19-13-6-3-2-5-11(12)13/h2-3,5-6,9H,4,7-8H2,1H3. The number of anilines is 1. The molecule has 4 heteroatoms. The Kier molecular flexibility index (Phi) is 2.56. The molecule has 4 nitrogen and oxygen atoms in total. The molecule has 0 bridgehead atoms.